The number of hydrogen-bond donors (Lipinski definition) is 3. The van der Waals surface area contributed by atoms with E-state index in [1.807, 2.05) is 22.6 Å². The van der Waals surface area contributed by atoms with Crippen molar-refractivity contribution in [3.05, 3.63) is 62.2 Å². The zero-order chi connectivity index (χ0) is 26.3. The minimum absolute atomic E-state index is 0.0963. The van der Waals surface area contributed by atoms with Crippen molar-refractivity contribution in [2.24, 2.45) is 5.10 Å². The van der Waals surface area contributed by atoms with Crippen molar-refractivity contribution in [2.45, 2.75) is 12.6 Å². The van der Waals surface area contributed by atoms with Crippen molar-refractivity contribution in [3.63, 3.8) is 0 Å². The fourth-order valence-corrected chi connectivity index (χ4v) is 4.32. The molecule has 1 heterocycles. The van der Waals surface area contributed by atoms with Crippen LogP contribution < -0.4 is 20.2 Å². The summed E-state index contributed by atoms with van der Waals surface area (Å²) in [6.07, 6.45) is -3.17. The van der Waals surface area contributed by atoms with Gasteiger partial charge in [0, 0.05) is 11.1 Å². The van der Waals surface area contributed by atoms with Crippen LogP contribution in [-0.4, -0.2) is 41.9 Å². The van der Waals surface area contributed by atoms with Crippen molar-refractivity contribution in [1.82, 2.24) is 10.4 Å². The number of anilines is 2. The highest BCUT2D eigenvalue weighted by Gasteiger charge is 2.30. The van der Waals surface area contributed by atoms with Crippen LogP contribution in [0.15, 0.2) is 46.9 Å². The van der Waals surface area contributed by atoms with E-state index < -0.39 is 30.2 Å². The van der Waals surface area contributed by atoms with E-state index in [1.165, 1.54) is 25.5 Å². The van der Waals surface area contributed by atoms with Crippen molar-refractivity contribution in [3.8, 4) is 11.5 Å². The van der Waals surface area contributed by atoms with Crippen LogP contribution in [0.2, 0.25) is 0 Å². The van der Waals surface area contributed by atoms with Gasteiger partial charge < -0.3 is 19.9 Å². The highest BCUT2D eigenvalue weighted by atomic mass is 127. The van der Waals surface area contributed by atoms with Gasteiger partial charge in [0.1, 0.15) is 0 Å². The molecule has 0 aliphatic heterocycles. The SMILES string of the molecule is COc1cc(/C=N\NC(=O)Cc2csc(Nc3cccc(C(F)(F)F)c3)n2)cc(I)c1OCC(=O)O. The van der Waals surface area contributed by atoms with E-state index in [9.17, 15) is 22.8 Å². The first kappa shape index (κ1) is 27.2. The Hall–Kier alpha value is -3.40. The maximum Gasteiger partial charge on any atom is 0.416 e. The van der Waals surface area contributed by atoms with Crippen LogP contribution in [-0.2, 0) is 22.2 Å². The molecule has 1 aromatic heterocycles. The quantitative estimate of drug-likeness (QED) is 0.168. The molecule has 0 aliphatic rings. The highest BCUT2D eigenvalue weighted by molar-refractivity contribution is 14.1. The van der Waals surface area contributed by atoms with Crippen LogP contribution >= 0.6 is 33.9 Å². The second-order valence-corrected chi connectivity index (χ2v) is 9.05. The summed E-state index contributed by atoms with van der Waals surface area (Å²) in [6, 6.07) is 7.96. The molecule has 0 unspecified atom stereocenters. The maximum atomic E-state index is 12.9. The fourth-order valence-electron chi connectivity index (χ4n) is 2.81. The van der Waals surface area contributed by atoms with Gasteiger partial charge in [0.25, 0.3) is 0 Å². The number of hydrogen-bond acceptors (Lipinski definition) is 8. The summed E-state index contributed by atoms with van der Waals surface area (Å²) in [6.45, 7) is -0.524. The molecule has 0 spiro atoms. The molecule has 0 saturated carbocycles. The Morgan fingerprint density at radius 1 is 1.28 bits per heavy atom. The maximum absolute atomic E-state index is 12.9. The minimum Gasteiger partial charge on any atom is -0.493 e. The molecule has 0 bridgehead atoms. The molecule has 0 fully saturated rings. The molecule has 0 radical (unpaired) electrons. The van der Waals surface area contributed by atoms with Crippen LogP contribution in [0.4, 0.5) is 24.0 Å². The zero-order valence-corrected chi connectivity index (χ0v) is 21.4. The van der Waals surface area contributed by atoms with Crippen LogP contribution in [0, 0.1) is 3.57 Å². The lowest BCUT2D eigenvalue weighted by Crippen LogP contribution is -2.20. The number of carboxylic acid groups (broad SMARTS) is 1. The number of carbonyl (C=O) groups is 2. The van der Waals surface area contributed by atoms with Crippen LogP contribution in [0.3, 0.4) is 0 Å². The number of alkyl halides is 3. The normalized spacial score (nSPS) is 11.4. The lowest BCUT2D eigenvalue weighted by atomic mass is 10.2. The van der Waals surface area contributed by atoms with E-state index in [-0.39, 0.29) is 17.9 Å². The third kappa shape index (κ3) is 7.81. The molecule has 3 aromatic rings. The van der Waals surface area contributed by atoms with Gasteiger partial charge in [-0.25, -0.2) is 15.2 Å². The van der Waals surface area contributed by atoms with Gasteiger partial charge >= 0.3 is 12.1 Å². The molecule has 3 rings (SSSR count). The second-order valence-electron chi connectivity index (χ2n) is 7.03. The number of carboxylic acids is 1. The number of halogens is 4. The number of methoxy groups -OCH3 is 1. The zero-order valence-electron chi connectivity index (χ0n) is 18.4. The Morgan fingerprint density at radius 3 is 2.75 bits per heavy atom. The Bertz CT molecular complexity index is 1280. The molecule has 2 aromatic carbocycles. The molecule has 14 heteroatoms. The van der Waals surface area contributed by atoms with Gasteiger partial charge in [-0.1, -0.05) is 6.07 Å². The molecular weight excluding hydrogens is 616 g/mol. The van der Waals surface area contributed by atoms with Gasteiger partial charge in [-0.05, 0) is 58.5 Å². The summed E-state index contributed by atoms with van der Waals surface area (Å²) in [5.74, 6) is -0.996. The highest BCUT2D eigenvalue weighted by Crippen LogP contribution is 2.34. The minimum atomic E-state index is -4.45. The lowest BCUT2D eigenvalue weighted by Gasteiger charge is -2.12. The van der Waals surface area contributed by atoms with E-state index in [2.05, 4.69) is 20.8 Å². The lowest BCUT2D eigenvalue weighted by molar-refractivity contribution is -0.139. The number of hydrazone groups is 1. The number of thiazole rings is 1. The van der Waals surface area contributed by atoms with Crippen LogP contribution in [0.1, 0.15) is 16.8 Å². The number of rotatable bonds is 10. The molecule has 1 amide bonds. The smallest absolute Gasteiger partial charge is 0.416 e. The van der Waals surface area contributed by atoms with E-state index in [0.717, 1.165) is 23.5 Å². The second kappa shape index (κ2) is 12.0. The van der Waals surface area contributed by atoms with Gasteiger partial charge in [-0.2, -0.15) is 18.3 Å². The summed E-state index contributed by atoms with van der Waals surface area (Å²) in [5, 5.41) is 17.4. The Balaban J connectivity index is 1.57. The average molecular weight is 634 g/mol. The van der Waals surface area contributed by atoms with E-state index in [0.29, 0.717) is 25.7 Å². The molecule has 36 heavy (non-hydrogen) atoms. The monoisotopic (exact) mass is 634 g/mol. The number of nitrogens with one attached hydrogen (secondary N) is 2. The van der Waals surface area contributed by atoms with Crippen molar-refractivity contribution in [2.75, 3.05) is 19.0 Å². The molecular formula is C22H18F3IN4O5S. The third-order valence-electron chi connectivity index (χ3n) is 4.33. The Kier molecular flexibility index (Phi) is 9.08. The van der Waals surface area contributed by atoms with Crippen LogP contribution in [0.25, 0.3) is 0 Å². The Labute approximate surface area is 220 Å². The van der Waals surface area contributed by atoms with Crippen molar-refractivity contribution in [1.29, 1.82) is 0 Å². The van der Waals surface area contributed by atoms with E-state index in [4.69, 9.17) is 14.6 Å². The molecule has 9 nitrogen and oxygen atoms in total. The summed E-state index contributed by atoms with van der Waals surface area (Å²) >= 11 is 3.11. The molecule has 0 saturated heterocycles. The summed E-state index contributed by atoms with van der Waals surface area (Å²) in [5.41, 5.74) is 2.80. The van der Waals surface area contributed by atoms with E-state index >= 15 is 0 Å². The predicted molar refractivity (Wildman–Crippen MR) is 135 cm³/mol. The van der Waals surface area contributed by atoms with Gasteiger partial charge in [-0.15, -0.1) is 11.3 Å². The summed E-state index contributed by atoms with van der Waals surface area (Å²) < 4.78 is 49.7. The molecule has 0 atom stereocenters. The van der Waals surface area contributed by atoms with Gasteiger partial charge in [0.15, 0.2) is 23.2 Å². The van der Waals surface area contributed by atoms with Crippen molar-refractivity contribution >= 4 is 62.8 Å². The van der Waals surface area contributed by atoms with Gasteiger partial charge in [0.05, 0.1) is 34.6 Å². The van der Waals surface area contributed by atoms with E-state index in [1.54, 1.807) is 17.5 Å². The fraction of sp³-hybridized carbons (Fsp3) is 0.182. The molecule has 190 valence electrons. The van der Waals surface area contributed by atoms with Crippen molar-refractivity contribution < 1.29 is 37.3 Å². The predicted octanol–water partition coefficient (Wildman–Crippen LogP) is 4.67. The summed E-state index contributed by atoms with van der Waals surface area (Å²) in [7, 11) is 1.41. The first-order valence-electron chi connectivity index (χ1n) is 9.98. The molecule has 0 aliphatic carbocycles. The number of ether oxygens (including phenoxy) is 2. The van der Waals surface area contributed by atoms with Gasteiger partial charge in [-0.3, -0.25) is 4.79 Å². The number of carbonyl (C=O) groups excluding carboxylic acids is 1. The first-order valence-corrected chi connectivity index (χ1v) is 11.9. The topological polar surface area (TPSA) is 122 Å². The first-order chi connectivity index (χ1) is 17.0. The number of benzene rings is 2. The third-order valence-corrected chi connectivity index (χ3v) is 5.94. The molecule has 3 N–H and O–H groups in total. The number of aromatic nitrogens is 1. The number of amides is 1. The number of aliphatic carboxylic acids is 1. The van der Waals surface area contributed by atoms with Gasteiger partial charge in [0.2, 0.25) is 5.91 Å². The Morgan fingerprint density at radius 2 is 2.06 bits per heavy atom. The standard InChI is InChI=1S/C22H18F3IN4O5S/c1-34-17-6-12(5-16(26)20(17)35-10-19(32)33)9-27-30-18(31)8-15-11-36-21(29-15)28-14-4-2-3-13(7-14)22(23,24)25/h2-7,9,11H,8,10H2,1H3,(H,28,29)(H,30,31)(H,32,33)/b27-9-. The number of nitrogens with zero attached hydrogens (tertiary/aromatic N) is 2. The van der Waals surface area contributed by atoms with Crippen LogP contribution in [0.5, 0.6) is 11.5 Å². The average Bonchev–Trinajstić information content (AvgIpc) is 3.23. The summed E-state index contributed by atoms with van der Waals surface area (Å²) in [4.78, 5) is 27.2. The largest absolute Gasteiger partial charge is 0.493 e.